The molecule has 0 N–H and O–H groups in total. The molecule has 0 saturated carbocycles. The highest BCUT2D eigenvalue weighted by Gasteiger charge is 2.16. The lowest BCUT2D eigenvalue weighted by Gasteiger charge is -2.27. The van der Waals surface area contributed by atoms with E-state index in [1.54, 1.807) is 12.5 Å². The number of aromatic nitrogens is 2. The van der Waals surface area contributed by atoms with E-state index in [0.717, 1.165) is 32.2 Å². The maximum absolute atomic E-state index is 11.1. The third kappa shape index (κ3) is 3.16. The number of imidazole rings is 1. The highest BCUT2D eigenvalue weighted by atomic mass is 16.1. The van der Waals surface area contributed by atoms with E-state index in [1.807, 2.05) is 10.8 Å². The topological polar surface area (TPSA) is 38.1 Å². The lowest BCUT2D eigenvalue weighted by molar-refractivity contribution is -0.115. The molecule has 1 heterocycles. The summed E-state index contributed by atoms with van der Waals surface area (Å²) >= 11 is 0. The predicted octanol–water partition coefficient (Wildman–Crippen LogP) is 1.70. The molecule has 0 spiro atoms. The molecular formula is C11H19N3O. The molecule has 1 unspecified atom stereocenters. The quantitative estimate of drug-likeness (QED) is 0.641. The van der Waals surface area contributed by atoms with Crippen molar-refractivity contribution in [2.24, 2.45) is 0 Å². The van der Waals surface area contributed by atoms with Crippen molar-refractivity contribution in [3.8, 4) is 0 Å². The fourth-order valence-corrected chi connectivity index (χ4v) is 1.72. The van der Waals surface area contributed by atoms with Gasteiger partial charge in [0.15, 0.2) is 6.29 Å². The van der Waals surface area contributed by atoms with Crippen molar-refractivity contribution in [2.45, 2.75) is 32.9 Å². The minimum atomic E-state index is -0.201. The van der Waals surface area contributed by atoms with Crippen LogP contribution in [0.4, 0.5) is 0 Å². The highest BCUT2D eigenvalue weighted by molar-refractivity contribution is 5.55. The van der Waals surface area contributed by atoms with Crippen molar-refractivity contribution < 1.29 is 4.79 Å². The van der Waals surface area contributed by atoms with Crippen LogP contribution in [0.3, 0.4) is 0 Å². The van der Waals surface area contributed by atoms with Crippen LogP contribution in [0.2, 0.25) is 0 Å². The van der Waals surface area contributed by atoms with E-state index in [1.165, 1.54) is 0 Å². The zero-order valence-electron chi connectivity index (χ0n) is 9.47. The molecule has 0 aliphatic carbocycles. The Balaban J connectivity index is 2.73. The first-order valence-electron chi connectivity index (χ1n) is 5.50. The second kappa shape index (κ2) is 6.35. The van der Waals surface area contributed by atoms with Gasteiger partial charge in [-0.05, 0) is 12.8 Å². The SMILES string of the molecule is CCCN(CCC)C(C=O)n1ccnc1. The van der Waals surface area contributed by atoms with Crippen LogP contribution in [0.25, 0.3) is 0 Å². The number of rotatable bonds is 7. The van der Waals surface area contributed by atoms with Gasteiger partial charge in [0.25, 0.3) is 0 Å². The summed E-state index contributed by atoms with van der Waals surface area (Å²) in [5.74, 6) is 0. The van der Waals surface area contributed by atoms with Gasteiger partial charge in [-0.25, -0.2) is 4.98 Å². The summed E-state index contributed by atoms with van der Waals surface area (Å²) < 4.78 is 1.85. The standard InChI is InChI=1S/C11H19N3O/c1-3-6-13(7-4-2)11(9-15)14-8-5-12-10-14/h5,8-11H,3-4,6-7H2,1-2H3. The second-order valence-corrected chi connectivity index (χ2v) is 3.60. The van der Waals surface area contributed by atoms with Gasteiger partial charge in [-0.15, -0.1) is 0 Å². The Labute approximate surface area is 90.9 Å². The zero-order valence-corrected chi connectivity index (χ0v) is 9.47. The summed E-state index contributed by atoms with van der Waals surface area (Å²) in [5.41, 5.74) is 0. The van der Waals surface area contributed by atoms with Crippen molar-refractivity contribution in [3.05, 3.63) is 18.7 Å². The van der Waals surface area contributed by atoms with E-state index in [-0.39, 0.29) is 6.17 Å². The number of hydrogen-bond donors (Lipinski definition) is 0. The molecule has 0 aliphatic rings. The number of carbonyl (C=O) groups is 1. The molecule has 0 saturated heterocycles. The molecule has 0 radical (unpaired) electrons. The summed E-state index contributed by atoms with van der Waals surface area (Å²) in [6.45, 7) is 6.13. The number of nitrogens with zero attached hydrogens (tertiary/aromatic N) is 3. The first kappa shape index (κ1) is 11.9. The first-order valence-corrected chi connectivity index (χ1v) is 5.50. The third-order valence-corrected chi connectivity index (χ3v) is 2.35. The van der Waals surface area contributed by atoms with E-state index in [9.17, 15) is 4.79 Å². The van der Waals surface area contributed by atoms with Crippen molar-refractivity contribution >= 4 is 6.29 Å². The van der Waals surface area contributed by atoms with Crippen LogP contribution in [0.5, 0.6) is 0 Å². The van der Waals surface area contributed by atoms with Gasteiger partial charge in [0.1, 0.15) is 6.17 Å². The maximum atomic E-state index is 11.1. The van der Waals surface area contributed by atoms with Crippen LogP contribution in [0.15, 0.2) is 18.7 Å². The number of hydrogen-bond acceptors (Lipinski definition) is 3. The fourth-order valence-electron chi connectivity index (χ4n) is 1.72. The molecule has 1 rings (SSSR count). The summed E-state index contributed by atoms with van der Waals surface area (Å²) in [7, 11) is 0. The smallest absolute Gasteiger partial charge is 0.157 e. The number of carbonyl (C=O) groups excluding carboxylic acids is 1. The Morgan fingerprint density at radius 2 is 2.07 bits per heavy atom. The molecule has 4 nitrogen and oxygen atoms in total. The Morgan fingerprint density at radius 1 is 1.40 bits per heavy atom. The van der Waals surface area contributed by atoms with Crippen molar-refractivity contribution in [3.63, 3.8) is 0 Å². The van der Waals surface area contributed by atoms with E-state index < -0.39 is 0 Å². The van der Waals surface area contributed by atoms with Gasteiger partial charge >= 0.3 is 0 Å². The molecular weight excluding hydrogens is 190 g/mol. The fraction of sp³-hybridized carbons (Fsp3) is 0.636. The zero-order chi connectivity index (χ0) is 11.1. The second-order valence-electron chi connectivity index (χ2n) is 3.60. The average Bonchev–Trinajstić information content (AvgIpc) is 2.73. The molecule has 4 heteroatoms. The van der Waals surface area contributed by atoms with E-state index in [0.29, 0.717) is 0 Å². The van der Waals surface area contributed by atoms with E-state index in [2.05, 4.69) is 23.7 Å². The van der Waals surface area contributed by atoms with Crippen LogP contribution in [0.1, 0.15) is 32.9 Å². The molecule has 0 amide bonds. The molecule has 0 bridgehead atoms. The van der Waals surface area contributed by atoms with Gasteiger partial charge in [-0.2, -0.15) is 0 Å². The third-order valence-electron chi connectivity index (χ3n) is 2.35. The van der Waals surface area contributed by atoms with Gasteiger partial charge < -0.3 is 4.57 Å². The lowest BCUT2D eigenvalue weighted by atomic mass is 10.3. The Bertz CT molecular complexity index is 265. The van der Waals surface area contributed by atoms with Crippen LogP contribution in [-0.4, -0.2) is 33.8 Å². The molecule has 1 aromatic heterocycles. The van der Waals surface area contributed by atoms with Crippen molar-refractivity contribution in [1.82, 2.24) is 14.5 Å². The Hall–Kier alpha value is -1.16. The van der Waals surface area contributed by atoms with Gasteiger partial charge in [0, 0.05) is 25.5 Å². The minimum absolute atomic E-state index is 0.201. The monoisotopic (exact) mass is 209 g/mol. The van der Waals surface area contributed by atoms with Crippen LogP contribution in [-0.2, 0) is 4.79 Å². The Morgan fingerprint density at radius 3 is 2.47 bits per heavy atom. The normalized spacial score (nSPS) is 13.0. The molecule has 0 aromatic carbocycles. The average molecular weight is 209 g/mol. The summed E-state index contributed by atoms with van der Waals surface area (Å²) in [6.07, 6.45) is 8.11. The Kier molecular flexibility index (Phi) is 5.04. The maximum Gasteiger partial charge on any atom is 0.157 e. The molecule has 0 fully saturated rings. The van der Waals surface area contributed by atoms with Crippen molar-refractivity contribution in [1.29, 1.82) is 0 Å². The minimum Gasteiger partial charge on any atom is -0.314 e. The van der Waals surface area contributed by atoms with Crippen LogP contribution < -0.4 is 0 Å². The van der Waals surface area contributed by atoms with E-state index in [4.69, 9.17) is 0 Å². The van der Waals surface area contributed by atoms with Crippen molar-refractivity contribution in [2.75, 3.05) is 13.1 Å². The predicted molar refractivity (Wildman–Crippen MR) is 59.5 cm³/mol. The summed E-state index contributed by atoms with van der Waals surface area (Å²) in [4.78, 5) is 17.3. The molecule has 1 atom stereocenters. The molecule has 84 valence electrons. The highest BCUT2D eigenvalue weighted by Crippen LogP contribution is 2.11. The summed E-state index contributed by atoms with van der Waals surface area (Å²) in [6, 6.07) is 0. The molecule has 15 heavy (non-hydrogen) atoms. The van der Waals surface area contributed by atoms with Gasteiger partial charge in [0.2, 0.25) is 0 Å². The van der Waals surface area contributed by atoms with Gasteiger partial charge in [-0.1, -0.05) is 13.8 Å². The first-order chi connectivity index (χ1) is 7.33. The van der Waals surface area contributed by atoms with E-state index >= 15 is 0 Å². The van der Waals surface area contributed by atoms with Crippen LogP contribution in [0, 0.1) is 0 Å². The van der Waals surface area contributed by atoms with Gasteiger partial charge in [0.05, 0.1) is 6.33 Å². The molecule has 1 aromatic rings. The lowest BCUT2D eigenvalue weighted by Crippen LogP contribution is -2.34. The van der Waals surface area contributed by atoms with Gasteiger partial charge in [-0.3, -0.25) is 9.69 Å². The van der Waals surface area contributed by atoms with Crippen LogP contribution >= 0.6 is 0 Å². The number of aldehydes is 1. The largest absolute Gasteiger partial charge is 0.314 e. The molecule has 0 aliphatic heterocycles. The summed E-state index contributed by atoms with van der Waals surface area (Å²) in [5, 5.41) is 0.